The van der Waals surface area contributed by atoms with E-state index in [1.165, 1.54) is 36.0 Å². The van der Waals surface area contributed by atoms with Gasteiger partial charge in [-0.2, -0.15) is 23.5 Å². The lowest BCUT2D eigenvalue weighted by Crippen LogP contribution is -2.46. The molecule has 0 aliphatic rings. The topological polar surface area (TPSA) is 207 Å². The summed E-state index contributed by atoms with van der Waals surface area (Å²) < 4.78 is 80.6. The zero-order valence-corrected chi connectivity index (χ0v) is 32.3. The highest BCUT2D eigenvalue weighted by Gasteiger charge is 2.33. The van der Waals surface area contributed by atoms with Gasteiger partial charge in [-0.15, -0.1) is 0 Å². The van der Waals surface area contributed by atoms with Crippen LogP contribution >= 0.6 is 0 Å². The summed E-state index contributed by atoms with van der Waals surface area (Å²) in [6.45, 7) is 10.1. The standard InChI is InChI=1S/C39H36F3N7O5S.H3N/c1-22-23(2)27(19-33(24(22)3)55(52,53)54)18-29-12-15-34(45-29)38(5,6)46-36(50)48-35(32-16-17-44-49(32)30-13-10-26(21-43)11-14-30)25(4)47(37(48)51)31-9-7-8-28(20-31)39(40,41)42;/h7-17,19-20,45H,18H2,1-6H3,(H,46,50)(H,52,53,54);1H3. The number of hydrogen-bond acceptors (Lipinski definition) is 7. The Balaban J connectivity index is 0.00000600. The Hall–Kier alpha value is -6.22. The third-order valence-electron chi connectivity index (χ3n) is 9.82. The minimum absolute atomic E-state index is 0. The summed E-state index contributed by atoms with van der Waals surface area (Å²) in [7, 11) is -4.72. The molecule has 0 atom stereocenters. The predicted molar refractivity (Wildman–Crippen MR) is 202 cm³/mol. The van der Waals surface area contributed by atoms with E-state index >= 15 is 0 Å². The number of alkyl halides is 3. The van der Waals surface area contributed by atoms with Gasteiger partial charge < -0.3 is 21.0 Å². The number of nitriles is 1. The second kappa shape index (κ2) is 14.8. The second-order valence-electron chi connectivity index (χ2n) is 13.7. The third kappa shape index (κ3) is 7.54. The van der Waals surface area contributed by atoms with Crippen molar-refractivity contribution >= 4 is 16.1 Å². The third-order valence-corrected chi connectivity index (χ3v) is 10.8. The van der Waals surface area contributed by atoms with Crippen LogP contribution in [0.5, 0.6) is 0 Å². The van der Waals surface area contributed by atoms with Crippen LogP contribution in [-0.2, 0) is 28.3 Å². The summed E-state index contributed by atoms with van der Waals surface area (Å²) in [5.74, 6) is 0. The summed E-state index contributed by atoms with van der Waals surface area (Å²) in [5, 5.41) is 16.6. The largest absolute Gasteiger partial charge is 0.744 e. The van der Waals surface area contributed by atoms with Crippen LogP contribution < -0.4 is 17.2 Å². The van der Waals surface area contributed by atoms with E-state index in [0.717, 1.165) is 26.8 Å². The number of imidazole rings is 1. The van der Waals surface area contributed by atoms with Crippen LogP contribution in [0.4, 0.5) is 18.0 Å². The van der Waals surface area contributed by atoms with Gasteiger partial charge in [0.15, 0.2) is 0 Å². The lowest BCUT2D eigenvalue weighted by molar-refractivity contribution is -0.137. The molecule has 0 unspecified atom stereocenters. The number of nitrogens with one attached hydrogen (secondary N) is 2. The Labute approximate surface area is 320 Å². The molecular formula is C39H39F3N8O5S. The highest BCUT2D eigenvalue weighted by atomic mass is 32.2. The van der Waals surface area contributed by atoms with Crippen molar-refractivity contribution in [1.82, 2.24) is 35.4 Å². The fourth-order valence-electron chi connectivity index (χ4n) is 6.61. The number of quaternary nitrogens is 1. The number of carbonyl (C=O) groups excluding carboxylic acids is 1. The van der Waals surface area contributed by atoms with Crippen molar-refractivity contribution in [1.29, 1.82) is 5.26 Å². The first-order valence-corrected chi connectivity index (χ1v) is 18.3. The minimum Gasteiger partial charge on any atom is -0.744 e. The van der Waals surface area contributed by atoms with Gasteiger partial charge in [0.2, 0.25) is 0 Å². The lowest BCUT2D eigenvalue weighted by Gasteiger charge is -2.26. The Morgan fingerprint density at radius 3 is 2.25 bits per heavy atom. The van der Waals surface area contributed by atoms with Crippen molar-refractivity contribution in [3.8, 4) is 28.8 Å². The number of benzene rings is 3. The van der Waals surface area contributed by atoms with Gasteiger partial charge in [-0.3, -0.25) is 4.57 Å². The summed E-state index contributed by atoms with van der Waals surface area (Å²) in [6.07, 6.45) is -3.02. The summed E-state index contributed by atoms with van der Waals surface area (Å²) >= 11 is 0. The summed E-state index contributed by atoms with van der Waals surface area (Å²) in [6, 6.07) is 18.2. The number of aromatic nitrogens is 5. The van der Waals surface area contributed by atoms with Crippen LogP contribution in [0, 0.1) is 39.0 Å². The molecule has 3 heterocycles. The van der Waals surface area contributed by atoms with Gasteiger partial charge in [-0.25, -0.2) is 27.3 Å². The molecule has 0 bridgehead atoms. The van der Waals surface area contributed by atoms with E-state index in [-0.39, 0.29) is 40.2 Å². The van der Waals surface area contributed by atoms with E-state index < -0.39 is 39.1 Å². The first-order chi connectivity index (χ1) is 25.7. The molecule has 0 aliphatic heterocycles. The molecule has 0 aliphatic carbocycles. The van der Waals surface area contributed by atoms with Gasteiger partial charge in [-0.1, -0.05) is 6.07 Å². The highest BCUT2D eigenvalue weighted by molar-refractivity contribution is 7.85. The smallest absolute Gasteiger partial charge is 0.416 e. The quantitative estimate of drug-likeness (QED) is 0.134. The molecule has 0 radical (unpaired) electrons. The van der Waals surface area contributed by atoms with E-state index in [1.54, 1.807) is 70.2 Å². The molecule has 17 heteroatoms. The number of halogens is 3. The van der Waals surface area contributed by atoms with Crippen LogP contribution in [0.15, 0.2) is 88.7 Å². The van der Waals surface area contributed by atoms with Gasteiger partial charge >= 0.3 is 17.9 Å². The number of aromatic amines is 1. The highest BCUT2D eigenvalue weighted by Crippen LogP contribution is 2.33. The molecule has 6 rings (SSSR count). The van der Waals surface area contributed by atoms with Crippen molar-refractivity contribution in [2.45, 2.75) is 64.6 Å². The van der Waals surface area contributed by atoms with E-state index in [4.69, 9.17) is 0 Å². The van der Waals surface area contributed by atoms with Crippen LogP contribution in [0.3, 0.4) is 0 Å². The number of rotatable bonds is 8. The van der Waals surface area contributed by atoms with Gasteiger partial charge in [0.05, 0.1) is 56.6 Å². The minimum atomic E-state index is -4.72. The average Bonchev–Trinajstić information content (AvgIpc) is 3.85. The van der Waals surface area contributed by atoms with E-state index in [2.05, 4.69) is 15.4 Å². The maximum Gasteiger partial charge on any atom is 0.416 e. The average molecular weight is 789 g/mol. The van der Waals surface area contributed by atoms with Crippen molar-refractivity contribution in [2.75, 3.05) is 0 Å². The van der Waals surface area contributed by atoms with Crippen LogP contribution in [-0.4, -0.2) is 42.9 Å². The van der Waals surface area contributed by atoms with Gasteiger partial charge in [0, 0.05) is 17.8 Å². The molecule has 0 saturated heterocycles. The Kier molecular flexibility index (Phi) is 10.8. The number of nitrogens with zero attached hydrogens (tertiary/aromatic N) is 5. The molecule has 3 aromatic heterocycles. The molecule has 56 heavy (non-hydrogen) atoms. The molecule has 292 valence electrons. The zero-order valence-electron chi connectivity index (χ0n) is 31.5. The molecule has 0 fully saturated rings. The van der Waals surface area contributed by atoms with E-state index in [0.29, 0.717) is 39.3 Å². The second-order valence-corrected chi connectivity index (χ2v) is 15.1. The maximum atomic E-state index is 14.4. The molecular weight excluding hydrogens is 750 g/mol. The first kappa shape index (κ1) is 41.0. The molecule has 6 N–H and O–H groups in total. The fraction of sp³-hybridized carbons (Fsp3) is 0.231. The van der Waals surface area contributed by atoms with Gasteiger partial charge in [0.25, 0.3) is 0 Å². The SMILES string of the molecule is Cc1c(Cc2ccc(C(C)(C)NC(=O)n3c(-c4ccnn4-c4ccc(C#N)cc4)c(C)n(-c4cccc(C(F)(F)F)c4)c3=O)[nH]2)cc(S(=O)(=O)[O-])c(C)c1C.[NH4+]. The van der Waals surface area contributed by atoms with E-state index in [9.17, 15) is 41.0 Å². The van der Waals surface area contributed by atoms with Crippen LogP contribution in [0.2, 0.25) is 0 Å². The van der Waals surface area contributed by atoms with Crippen LogP contribution in [0.1, 0.15) is 64.3 Å². The first-order valence-electron chi connectivity index (χ1n) is 16.9. The summed E-state index contributed by atoms with van der Waals surface area (Å²) in [4.78, 5) is 31.6. The molecule has 0 spiro atoms. The predicted octanol–water partition coefficient (Wildman–Crippen LogP) is 7.31. The Morgan fingerprint density at radius 1 is 0.946 bits per heavy atom. The van der Waals surface area contributed by atoms with Crippen molar-refractivity contribution in [3.05, 3.63) is 140 Å². The van der Waals surface area contributed by atoms with Gasteiger partial charge in [0.1, 0.15) is 15.8 Å². The van der Waals surface area contributed by atoms with Gasteiger partial charge in [-0.05, 0) is 131 Å². The Morgan fingerprint density at radius 2 is 1.62 bits per heavy atom. The number of amides is 1. The number of hydrogen-bond donors (Lipinski definition) is 3. The lowest BCUT2D eigenvalue weighted by atomic mass is 9.96. The molecule has 0 saturated carbocycles. The van der Waals surface area contributed by atoms with Crippen LogP contribution in [0.25, 0.3) is 22.8 Å². The molecule has 1 amide bonds. The maximum absolute atomic E-state index is 14.4. The molecule has 13 nitrogen and oxygen atoms in total. The van der Waals surface area contributed by atoms with Crippen molar-refractivity contribution < 1.29 is 30.9 Å². The number of carbonyl (C=O) groups is 1. The number of H-pyrrole nitrogens is 1. The summed E-state index contributed by atoms with van der Waals surface area (Å²) in [5.41, 5.74) is 1.81. The van der Waals surface area contributed by atoms with E-state index in [1.807, 2.05) is 13.0 Å². The van der Waals surface area contributed by atoms with Crippen molar-refractivity contribution in [3.63, 3.8) is 0 Å². The fourth-order valence-corrected chi connectivity index (χ4v) is 7.43. The monoisotopic (exact) mass is 788 g/mol. The normalized spacial score (nSPS) is 11.9. The molecule has 6 aromatic rings. The molecule has 3 aromatic carbocycles. The van der Waals surface area contributed by atoms with Crippen molar-refractivity contribution in [2.24, 2.45) is 0 Å². The Bertz CT molecular complexity index is 2700. The zero-order chi connectivity index (χ0) is 40.2.